The summed E-state index contributed by atoms with van der Waals surface area (Å²) in [5, 5.41) is 7.89. The molecule has 0 aromatic heterocycles. The second kappa shape index (κ2) is 8.62. The Hall–Kier alpha value is -3.26. The first-order valence-electron chi connectivity index (χ1n) is 9.19. The topological polar surface area (TPSA) is 89.5 Å². The van der Waals surface area contributed by atoms with Crippen LogP contribution < -0.4 is 19.5 Å². The molecule has 2 aromatic carbocycles. The summed E-state index contributed by atoms with van der Waals surface area (Å²) in [7, 11) is 3.05. The lowest BCUT2D eigenvalue weighted by molar-refractivity contribution is -0.131. The third-order valence-electron chi connectivity index (χ3n) is 4.70. The predicted octanol–water partition coefficient (Wildman–Crippen LogP) is 3.56. The zero-order valence-electron chi connectivity index (χ0n) is 17.1. The maximum absolute atomic E-state index is 13.0. The maximum Gasteiger partial charge on any atom is 0.346 e. The predicted molar refractivity (Wildman–Crippen MR) is 112 cm³/mol. The minimum Gasteiger partial charge on any atom is -0.497 e. The van der Waals surface area contributed by atoms with Crippen molar-refractivity contribution in [3.63, 3.8) is 0 Å². The van der Waals surface area contributed by atoms with E-state index in [1.807, 2.05) is 6.92 Å². The highest BCUT2D eigenvalue weighted by molar-refractivity contribution is 6.32. The van der Waals surface area contributed by atoms with E-state index in [2.05, 4.69) is 10.4 Å². The lowest BCUT2D eigenvalue weighted by atomic mass is 9.92. The second-order valence-electron chi connectivity index (χ2n) is 6.61. The summed E-state index contributed by atoms with van der Waals surface area (Å²) in [6.07, 6.45) is 1.36. The highest BCUT2D eigenvalue weighted by atomic mass is 35.5. The second-order valence-corrected chi connectivity index (χ2v) is 7.02. The zero-order valence-corrected chi connectivity index (χ0v) is 17.8. The van der Waals surface area contributed by atoms with Gasteiger partial charge in [-0.3, -0.25) is 4.79 Å². The van der Waals surface area contributed by atoms with E-state index in [-0.39, 0.29) is 0 Å². The van der Waals surface area contributed by atoms with Crippen LogP contribution in [-0.4, -0.2) is 44.0 Å². The Morgan fingerprint density at radius 3 is 2.47 bits per heavy atom. The van der Waals surface area contributed by atoms with Gasteiger partial charge in [-0.15, -0.1) is 5.01 Å². The lowest BCUT2D eigenvalue weighted by Crippen LogP contribution is -2.40. The van der Waals surface area contributed by atoms with Crippen LogP contribution in [0.1, 0.15) is 25.0 Å². The largest absolute Gasteiger partial charge is 0.497 e. The van der Waals surface area contributed by atoms with Crippen LogP contribution in [-0.2, 0) is 10.3 Å². The van der Waals surface area contributed by atoms with Gasteiger partial charge in [0.25, 0.3) is 5.91 Å². The van der Waals surface area contributed by atoms with Crippen LogP contribution in [0.4, 0.5) is 4.79 Å². The number of nitrogens with zero attached hydrogens (tertiary/aromatic N) is 2. The monoisotopic (exact) mass is 431 g/mol. The molecule has 0 saturated carbocycles. The molecule has 30 heavy (non-hydrogen) atoms. The fourth-order valence-corrected chi connectivity index (χ4v) is 3.35. The molecule has 8 nitrogen and oxygen atoms in total. The molecule has 0 spiro atoms. The van der Waals surface area contributed by atoms with Gasteiger partial charge in [-0.05, 0) is 49.2 Å². The first kappa shape index (κ1) is 21.4. The van der Waals surface area contributed by atoms with Crippen molar-refractivity contribution in [2.24, 2.45) is 5.10 Å². The summed E-state index contributed by atoms with van der Waals surface area (Å²) in [6.45, 7) is 3.89. The molecule has 3 amide bonds. The number of carbonyl (C=O) groups excluding carboxylic acids is 2. The molecule has 0 bridgehead atoms. The van der Waals surface area contributed by atoms with Gasteiger partial charge in [0.05, 0.1) is 32.1 Å². The van der Waals surface area contributed by atoms with Gasteiger partial charge in [0.1, 0.15) is 11.3 Å². The third kappa shape index (κ3) is 3.91. The summed E-state index contributed by atoms with van der Waals surface area (Å²) >= 11 is 6.26. The summed E-state index contributed by atoms with van der Waals surface area (Å²) in [4.78, 5) is 25.4. The summed E-state index contributed by atoms with van der Waals surface area (Å²) in [6, 6.07) is 9.53. The number of nitrogens with one attached hydrogen (secondary N) is 1. The number of hydrogen-bond acceptors (Lipinski definition) is 6. The highest BCUT2D eigenvalue weighted by Gasteiger charge is 2.49. The number of benzene rings is 2. The van der Waals surface area contributed by atoms with Gasteiger partial charge < -0.3 is 19.5 Å². The molecule has 1 atom stereocenters. The van der Waals surface area contributed by atoms with E-state index in [1.54, 1.807) is 50.4 Å². The molecule has 1 heterocycles. The van der Waals surface area contributed by atoms with Crippen molar-refractivity contribution in [1.82, 2.24) is 10.3 Å². The normalized spacial score (nSPS) is 18.6. The molecule has 9 heteroatoms. The van der Waals surface area contributed by atoms with Gasteiger partial charge in [-0.25, -0.2) is 4.79 Å². The molecule has 1 aliphatic heterocycles. The molecule has 0 aliphatic carbocycles. The van der Waals surface area contributed by atoms with Gasteiger partial charge in [0, 0.05) is 0 Å². The van der Waals surface area contributed by atoms with E-state index in [0.717, 1.165) is 5.01 Å². The first-order valence-corrected chi connectivity index (χ1v) is 9.57. The Bertz CT molecular complexity index is 993. The van der Waals surface area contributed by atoms with Crippen molar-refractivity contribution in [2.75, 3.05) is 20.8 Å². The molecule has 1 saturated heterocycles. The molecule has 158 valence electrons. The van der Waals surface area contributed by atoms with Crippen LogP contribution in [0.5, 0.6) is 17.2 Å². The molecule has 1 fully saturated rings. The maximum atomic E-state index is 13.0. The van der Waals surface area contributed by atoms with Crippen LogP contribution >= 0.6 is 11.6 Å². The van der Waals surface area contributed by atoms with Crippen LogP contribution in [0.2, 0.25) is 5.02 Å². The number of halogens is 1. The van der Waals surface area contributed by atoms with Crippen molar-refractivity contribution in [3.05, 3.63) is 52.5 Å². The number of ether oxygens (including phenoxy) is 3. The standard InChI is InChI=1S/C21H22ClN3O5/c1-5-30-18-16(22)10-13(11-17(18)29-4)12-23-25-19(26)21(2,24-20(25)27)14-6-8-15(28-3)9-7-14/h6-12H,5H2,1-4H3,(H,24,27)/b23-12+. The van der Waals surface area contributed by atoms with E-state index < -0.39 is 17.5 Å². The quantitative estimate of drug-likeness (QED) is 0.534. The number of rotatable bonds is 7. The number of methoxy groups -OCH3 is 2. The molecule has 1 aliphatic rings. The molecule has 1 unspecified atom stereocenters. The van der Waals surface area contributed by atoms with Crippen LogP contribution in [0.15, 0.2) is 41.5 Å². The highest BCUT2D eigenvalue weighted by Crippen LogP contribution is 2.36. The molecule has 3 rings (SSSR count). The summed E-state index contributed by atoms with van der Waals surface area (Å²) in [5.41, 5.74) is -0.0847. The summed E-state index contributed by atoms with van der Waals surface area (Å²) in [5.74, 6) is 0.986. The Morgan fingerprint density at radius 2 is 1.87 bits per heavy atom. The van der Waals surface area contributed by atoms with Gasteiger partial charge >= 0.3 is 6.03 Å². The molecular weight excluding hydrogens is 410 g/mol. The van der Waals surface area contributed by atoms with Crippen LogP contribution in [0, 0.1) is 0 Å². The van der Waals surface area contributed by atoms with Gasteiger partial charge in [-0.2, -0.15) is 5.10 Å². The van der Waals surface area contributed by atoms with Crippen molar-refractivity contribution >= 4 is 29.8 Å². The average Bonchev–Trinajstić information content (AvgIpc) is 2.97. The number of carbonyl (C=O) groups is 2. The SMILES string of the molecule is CCOc1c(Cl)cc(/C=N/N2C(=O)NC(C)(c3ccc(OC)cc3)C2=O)cc1OC. The molecule has 0 radical (unpaired) electrons. The van der Waals surface area contributed by atoms with Crippen molar-refractivity contribution in [2.45, 2.75) is 19.4 Å². The fourth-order valence-electron chi connectivity index (χ4n) is 3.07. The Morgan fingerprint density at radius 1 is 1.17 bits per heavy atom. The van der Waals surface area contributed by atoms with Gasteiger partial charge in [0.2, 0.25) is 0 Å². The summed E-state index contributed by atoms with van der Waals surface area (Å²) < 4.78 is 15.9. The van der Waals surface area contributed by atoms with Crippen LogP contribution in [0.3, 0.4) is 0 Å². The zero-order chi connectivity index (χ0) is 21.9. The number of urea groups is 1. The number of amides is 3. The lowest BCUT2D eigenvalue weighted by Gasteiger charge is -2.21. The van der Waals surface area contributed by atoms with Crippen molar-refractivity contribution < 1.29 is 23.8 Å². The Balaban J connectivity index is 1.86. The average molecular weight is 432 g/mol. The Labute approximate surface area is 179 Å². The van der Waals surface area contributed by atoms with E-state index in [0.29, 0.717) is 40.0 Å². The van der Waals surface area contributed by atoms with E-state index >= 15 is 0 Å². The van der Waals surface area contributed by atoms with E-state index in [1.165, 1.54) is 13.3 Å². The Kier molecular flexibility index (Phi) is 6.17. The molecule has 1 N–H and O–H groups in total. The molecule has 2 aromatic rings. The number of imide groups is 1. The minimum absolute atomic E-state index is 0.331. The first-order chi connectivity index (χ1) is 14.3. The minimum atomic E-state index is -1.24. The van der Waals surface area contributed by atoms with E-state index in [4.69, 9.17) is 25.8 Å². The smallest absolute Gasteiger partial charge is 0.346 e. The fraction of sp³-hybridized carbons (Fsp3) is 0.286. The van der Waals surface area contributed by atoms with Gasteiger partial charge in [0.15, 0.2) is 11.5 Å². The van der Waals surface area contributed by atoms with Gasteiger partial charge in [-0.1, -0.05) is 23.7 Å². The van der Waals surface area contributed by atoms with Crippen molar-refractivity contribution in [1.29, 1.82) is 0 Å². The van der Waals surface area contributed by atoms with E-state index in [9.17, 15) is 9.59 Å². The van der Waals surface area contributed by atoms with Crippen LogP contribution in [0.25, 0.3) is 0 Å². The number of hydrazone groups is 1. The molecular formula is C21H22ClN3O5. The number of hydrogen-bond donors (Lipinski definition) is 1. The third-order valence-corrected chi connectivity index (χ3v) is 4.98. The van der Waals surface area contributed by atoms with Crippen molar-refractivity contribution in [3.8, 4) is 17.2 Å².